The van der Waals surface area contributed by atoms with E-state index in [2.05, 4.69) is 0 Å². The fraction of sp³-hybridized carbons (Fsp3) is 1.00. The number of alkyl halides is 3. The van der Waals surface area contributed by atoms with Crippen LogP contribution in [0.2, 0.25) is 0 Å². The van der Waals surface area contributed by atoms with Crippen molar-refractivity contribution in [3.05, 3.63) is 0 Å². The van der Waals surface area contributed by atoms with Gasteiger partial charge in [0.05, 0.1) is 0 Å². The number of hydrogen-bond donors (Lipinski definition) is 1. The molecule has 0 aromatic carbocycles. The Morgan fingerprint density at radius 1 is 1.22 bits per heavy atom. The van der Waals surface area contributed by atoms with Gasteiger partial charge in [0.1, 0.15) is 0 Å². The molecule has 0 radical (unpaired) electrons. The third-order valence-electron chi connectivity index (χ3n) is 3.12. The fourth-order valence-corrected chi connectivity index (χ4v) is 3.16. The Bertz CT molecular complexity index is 368. The Kier molecular flexibility index (Phi) is 5.02. The topological polar surface area (TPSA) is 49.4 Å². The molecule has 0 saturated heterocycles. The van der Waals surface area contributed by atoms with Crippen LogP contribution in [0, 0.1) is 5.92 Å². The van der Waals surface area contributed by atoms with Gasteiger partial charge in [-0.05, 0) is 32.9 Å². The number of halogens is 3. The summed E-state index contributed by atoms with van der Waals surface area (Å²) in [5.74, 6) is -0.0640. The first-order valence-electron chi connectivity index (χ1n) is 5.87. The molecule has 1 saturated carbocycles. The molecule has 0 aromatic heterocycles. The van der Waals surface area contributed by atoms with Crippen LogP contribution in [-0.4, -0.2) is 45.5 Å². The number of rotatable bonds is 4. The fourth-order valence-electron chi connectivity index (χ4n) is 2.32. The van der Waals surface area contributed by atoms with E-state index in [1.165, 1.54) is 0 Å². The summed E-state index contributed by atoms with van der Waals surface area (Å²) in [6.45, 7) is 0.588. The molecule has 108 valence electrons. The van der Waals surface area contributed by atoms with Gasteiger partial charge in [0.25, 0.3) is 0 Å². The van der Waals surface area contributed by atoms with Crippen molar-refractivity contribution in [3.8, 4) is 0 Å². The Labute approximate surface area is 106 Å². The summed E-state index contributed by atoms with van der Waals surface area (Å²) >= 11 is 0. The summed E-state index contributed by atoms with van der Waals surface area (Å²) < 4.78 is 61.0. The average molecular weight is 288 g/mol. The largest absolute Gasteiger partial charge is 0.511 e. The normalized spacial score (nSPS) is 26.6. The molecule has 0 heterocycles. The van der Waals surface area contributed by atoms with E-state index in [4.69, 9.17) is 0 Å². The second-order valence-electron chi connectivity index (χ2n) is 4.98. The summed E-state index contributed by atoms with van der Waals surface area (Å²) in [5.41, 5.74) is -5.23. The van der Waals surface area contributed by atoms with Crippen LogP contribution in [0.5, 0.6) is 0 Å². The number of nitrogens with zero attached hydrogens (tertiary/aromatic N) is 1. The maximum absolute atomic E-state index is 12.3. The summed E-state index contributed by atoms with van der Waals surface area (Å²) in [6.07, 6.45) is 2.91. The van der Waals surface area contributed by atoms with Gasteiger partial charge in [0.15, 0.2) is 0 Å². The Balaban J connectivity index is 2.74. The lowest BCUT2D eigenvalue weighted by Gasteiger charge is -2.33. The van der Waals surface area contributed by atoms with Crippen LogP contribution in [0.1, 0.15) is 25.7 Å². The molecule has 0 unspecified atom stereocenters. The lowest BCUT2D eigenvalue weighted by Crippen LogP contribution is -2.49. The average Bonchev–Trinajstić information content (AvgIpc) is 2.18. The molecule has 18 heavy (non-hydrogen) atoms. The van der Waals surface area contributed by atoms with Crippen LogP contribution >= 0.6 is 0 Å². The van der Waals surface area contributed by atoms with Crippen molar-refractivity contribution in [3.63, 3.8) is 0 Å². The molecule has 0 amide bonds. The van der Waals surface area contributed by atoms with Crippen LogP contribution in [0.25, 0.3) is 0 Å². The van der Waals surface area contributed by atoms with Gasteiger partial charge in [0.2, 0.25) is 0 Å². The predicted molar refractivity (Wildman–Crippen MR) is 62.4 cm³/mol. The minimum absolute atomic E-state index is 0.0640. The molecular weight excluding hydrogens is 269 g/mol. The van der Waals surface area contributed by atoms with Crippen LogP contribution in [-0.2, 0) is 10.0 Å². The zero-order valence-electron chi connectivity index (χ0n) is 10.5. The summed E-state index contributed by atoms with van der Waals surface area (Å²) in [7, 11) is -1.59. The van der Waals surface area contributed by atoms with Crippen LogP contribution < -0.4 is 4.72 Å². The van der Waals surface area contributed by atoms with Gasteiger partial charge in [-0.1, -0.05) is 12.8 Å². The van der Waals surface area contributed by atoms with Crippen LogP contribution in [0.4, 0.5) is 13.2 Å². The van der Waals surface area contributed by atoms with Gasteiger partial charge in [0, 0.05) is 12.6 Å². The minimum atomic E-state index is -5.23. The standard InChI is InChI=1S/C10H19F3N2O2S/c1-15(2)7-8-5-3-4-6-9(8)14-18(16,17)10(11,12)13/h8-9,14H,3-7H2,1-2H3/t8-,9-/m0/s1. The summed E-state index contributed by atoms with van der Waals surface area (Å²) in [4.78, 5) is 1.87. The smallest absolute Gasteiger partial charge is 0.309 e. The quantitative estimate of drug-likeness (QED) is 0.854. The molecule has 1 rings (SSSR count). The van der Waals surface area contributed by atoms with Gasteiger partial charge in [-0.3, -0.25) is 0 Å². The minimum Gasteiger partial charge on any atom is -0.309 e. The Hall–Kier alpha value is -0.340. The van der Waals surface area contributed by atoms with Crippen molar-refractivity contribution in [2.75, 3.05) is 20.6 Å². The molecule has 4 nitrogen and oxygen atoms in total. The van der Waals surface area contributed by atoms with Gasteiger partial charge >= 0.3 is 15.5 Å². The molecule has 0 aromatic rings. The number of nitrogens with one attached hydrogen (secondary N) is 1. The summed E-state index contributed by atoms with van der Waals surface area (Å²) in [5, 5.41) is 0. The third kappa shape index (κ3) is 4.10. The van der Waals surface area contributed by atoms with E-state index < -0.39 is 21.6 Å². The van der Waals surface area contributed by atoms with Crippen molar-refractivity contribution in [2.24, 2.45) is 5.92 Å². The van der Waals surface area contributed by atoms with E-state index in [9.17, 15) is 21.6 Å². The van der Waals surface area contributed by atoms with E-state index in [0.29, 0.717) is 13.0 Å². The molecule has 1 aliphatic carbocycles. The monoisotopic (exact) mass is 288 g/mol. The maximum Gasteiger partial charge on any atom is 0.511 e. The van der Waals surface area contributed by atoms with Gasteiger partial charge < -0.3 is 4.90 Å². The van der Waals surface area contributed by atoms with E-state index >= 15 is 0 Å². The first kappa shape index (κ1) is 15.7. The number of hydrogen-bond acceptors (Lipinski definition) is 3. The van der Waals surface area contributed by atoms with E-state index in [0.717, 1.165) is 19.3 Å². The van der Waals surface area contributed by atoms with E-state index in [-0.39, 0.29) is 5.92 Å². The van der Waals surface area contributed by atoms with Gasteiger partial charge in [-0.25, -0.2) is 13.1 Å². The Morgan fingerprint density at radius 3 is 2.28 bits per heavy atom. The van der Waals surface area contributed by atoms with Gasteiger partial charge in [-0.15, -0.1) is 0 Å². The first-order valence-corrected chi connectivity index (χ1v) is 7.35. The van der Waals surface area contributed by atoms with Crippen LogP contribution in [0.3, 0.4) is 0 Å². The maximum atomic E-state index is 12.3. The second kappa shape index (κ2) is 5.75. The highest BCUT2D eigenvalue weighted by Gasteiger charge is 2.47. The zero-order chi connectivity index (χ0) is 14.0. The highest BCUT2D eigenvalue weighted by atomic mass is 32.2. The van der Waals surface area contributed by atoms with E-state index in [1.54, 1.807) is 0 Å². The van der Waals surface area contributed by atoms with E-state index in [1.807, 2.05) is 23.7 Å². The molecule has 1 fully saturated rings. The molecule has 0 aliphatic heterocycles. The molecule has 0 bridgehead atoms. The third-order valence-corrected chi connectivity index (χ3v) is 4.34. The molecule has 8 heteroatoms. The van der Waals surface area contributed by atoms with Crippen molar-refractivity contribution in [1.82, 2.24) is 9.62 Å². The molecular formula is C10H19F3N2O2S. The highest BCUT2D eigenvalue weighted by Crippen LogP contribution is 2.28. The highest BCUT2D eigenvalue weighted by molar-refractivity contribution is 7.90. The molecule has 1 aliphatic rings. The molecule has 2 atom stereocenters. The lowest BCUT2D eigenvalue weighted by atomic mass is 9.85. The van der Waals surface area contributed by atoms with Crippen molar-refractivity contribution in [2.45, 2.75) is 37.2 Å². The van der Waals surface area contributed by atoms with Crippen molar-refractivity contribution in [1.29, 1.82) is 0 Å². The zero-order valence-corrected chi connectivity index (χ0v) is 11.3. The second-order valence-corrected chi connectivity index (χ2v) is 6.69. The first-order chi connectivity index (χ1) is 8.13. The van der Waals surface area contributed by atoms with Gasteiger partial charge in [-0.2, -0.15) is 13.2 Å². The predicted octanol–water partition coefficient (Wildman–Crippen LogP) is 1.55. The molecule has 0 spiro atoms. The van der Waals surface area contributed by atoms with Crippen LogP contribution in [0.15, 0.2) is 0 Å². The van der Waals surface area contributed by atoms with Crippen molar-refractivity contribution >= 4 is 10.0 Å². The van der Waals surface area contributed by atoms with Crippen molar-refractivity contribution < 1.29 is 21.6 Å². The molecule has 1 N–H and O–H groups in total. The SMILES string of the molecule is CN(C)C[C@@H]1CCCC[C@@H]1NS(=O)(=O)C(F)(F)F. The number of sulfonamides is 1. The summed E-state index contributed by atoms with van der Waals surface area (Å²) in [6, 6.07) is -0.618. The lowest BCUT2D eigenvalue weighted by molar-refractivity contribution is -0.0454. The Morgan fingerprint density at radius 2 is 1.78 bits per heavy atom.